The van der Waals surface area contributed by atoms with Gasteiger partial charge in [-0.05, 0) is 37.0 Å². The minimum Gasteiger partial charge on any atom is -0.370 e. The molecule has 2 rings (SSSR count). The second kappa shape index (κ2) is 8.37. The molecule has 0 saturated carbocycles. The van der Waals surface area contributed by atoms with Crippen molar-refractivity contribution in [3.05, 3.63) is 41.6 Å². The highest BCUT2D eigenvalue weighted by Gasteiger charge is 2.06. The maximum absolute atomic E-state index is 4.55. The van der Waals surface area contributed by atoms with Gasteiger partial charge in [0.2, 0.25) is 5.95 Å². The topological polar surface area (TPSA) is 49.8 Å². The molecule has 118 valence electrons. The number of hydrogen-bond acceptors (Lipinski definition) is 4. The molecule has 0 aliphatic rings. The van der Waals surface area contributed by atoms with Gasteiger partial charge in [-0.15, -0.1) is 0 Å². The van der Waals surface area contributed by atoms with Gasteiger partial charge in [0.25, 0.3) is 0 Å². The molecule has 4 nitrogen and oxygen atoms in total. The quantitative estimate of drug-likeness (QED) is 0.694. The Morgan fingerprint density at radius 1 is 1.09 bits per heavy atom. The van der Waals surface area contributed by atoms with E-state index in [1.807, 2.05) is 6.07 Å². The molecule has 0 aliphatic carbocycles. The van der Waals surface area contributed by atoms with E-state index >= 15 is 0 Å². The van der Waals surface area contributed by atoms with E-state index in [0.717, 1.165) is 24.5 Å². The largest absolute Gasteiger partial charge is 0.370 e. The highest BCUT2D eigenvalue weighted by atomic mass is 15.1. The number of benzene rings is 1. The first-order valence-corrected chi connectivity index (χ1v) is 8.17. The third-order valence-corrected chi connectivity index (χ3v) is 3.72. The zero-order chi connectivity index (χ0) is 15.8. The summed E-state index contributed by atoms with van der Waals surface area (Å²) in [4.78, 5) is 8.88. The Balaban J connectivity index is 2.07. The van der Waals surface area contributed by atoms with Gasteiger partial charge in [0.05, 0.1) is 0 Å². The Kier molecular flexibility index (Phi) is 6.19. The zero-order valence-electron chi connectivity index (χ0n) is 13.8. The van der Waals surface area contributed by atoms with Crippen molar-refractivity contribution in [1.29, 1.82) is 0 Å². The van der Waals surface area contributed by atoms with Crippen LogP contribution in [0.4, 0.5) is 17.5 Å². The molecule has 0 bridgehead atoms. The molecule has 1 aromatic carbocycles. The van der Waals surface area contributed by atoms with Crippen LogP contribution in [0.1, 0.15) is 44.2 Å². The van der Waals surface area contributed by atoms with Crippen LogP contribution in [-0.4, -0.2) is 16.5 Å². The van der Waals surface area contributed by atoms with Gasteiger partial charge >= 0.3 is 0 Å². The number of hydrogen-bond donors (Lipinski definition) is 2. The van der Waals surface area contributed by atoms with Crippen molar-refractivity contribution in [3.8, 4) is 0 Å². The lowest BCUT2D eigenvalue weighted by Crippen LogP contribution is -2.06. The van der Waals surface area contributed by atoms with E-state index in [9.17, 15) is 0 Å². The first-order chi connectivity index (χ1) is 10.7. The Morgan fingerprint density at radius 3 is 2.73 bits per heavy atom. The van der Waals surface area contributed by atoms with Gasteiger partial charge in [0, 0.05) is 18.4 Å². The number of aryl methyl sites for hydroxylation is 2. The molecule has 0 amide bonds. The van der Waals surface area contributed by atoms with E-state index in [1.165, 1.54) is 30.4 Å². The third kappa shape index (κ3) is 4.45. The number of nitrogens with one attached hydrogen (secondary N) is 2. The highest BCUT2D eigenvalue weighted by Crippen LogP contribution is 2.24. The van der Waals surface area contributed by atoms with E-state index in [4.69, 9.17) is 0 Å². The highest BCUT2D eigenvalue weighted by molar-refractivity contribution is 5.63. The van der Waals surface area contributed by atoms with Crippen LogP contribution in [0, 0.1) is 6.92 Å². The number of para-hydroxylation sites is 1. The molecule has 0 spiro atoms. The maximum atomic E-state index is 4.55. The molecule has 1 aromatic heterocycles. The van der Waals surface area contributed by atoms with Gasteiger partial charge in [-0.25, -0.2) is 4.98 Å². The molecule has 0 unspecified atom stereocenters. The van der Waals surface area contributed by atoms with E-state index in [-0.39, 0.29) is 0 Å². The van der Waals surface area contributed by atoms with Gasteiger partial charge in [-0.1, -0.05) is 44.9 Å². The fourth-order valence-electron chi connectivity index (χ4n) is 2.42. The summed E-state index contributed by atoms with van der Waals surface area (Å²) in [5, 5.41) is 6.73. The fraction of sp³-hybridized carbons (Fsp3) is 0.444. The van der Waals surface area contributed by atoms with Crippen LogP contribution in [0.15, 0.2) is 30.5 Å². The minimum absolute atomic E-state index is 0.643. The lowest BCUT2D eigenvalue weighted by atomic mass is 10.1. The maximum Gasteiger partial charge on any atom is 0.229 e. The lowest BCUT2D eigenvalue weighted by molar-refractivity contribution is 0.742. The van der Waals surface area contributed by atoms with Crippen molar-refractivity contribution in [2.24, 2.45) is 0 Å². The second-order valence-electron chi connectivity index (χ2n) is 5.49. The third-order valence-electron chi connectivity index (χ3n) is 3.72. The first-order valence-electron chi connectivity index (χ1n) is 8.17. The molecule has 0 saturated heterocycles. The van der Waals surface area contributed by atoms with Crippen LogP contribution in [0.5, 0.6) is 0 Å². The molecule has 1 heterocycles. The first kappa shape index (κ1) is 16.3. The summed E-state index contributed by atoms with van der Waals surface area (Å²) in [6, 6.07) is 8.25. The van der Waals surface area contributed by atoms with Crippen molar-refractivity contribution in [1.82, 2.24) is 9.97 Å². The van der Waals surface area contributed by atoms with Crippen molar-refractivity contribution in [2.75, 3.05) is 17.2 Å². The number of unbranched alkanes of at least 4 members (excludes halogenated alkanes) is 2. The fourth-order valence-corrected chi connectivity index (χ4v) is 2.42. The summed E-state index contributed by atoms with van der Waals surface area (Å²) in [5.41, 5.74) is 3.61. The summed E-state index contributed by atoms with van der Waals surface area (Å²) in [5.74, 6) is 1.52. The van der Waals surface area contributed by atoms with Crippen molar-refractivity contribution >= 4 is 17.5 Å². The van der Waals surface area contributed by atoms with Crippen LogP contribution in [-0.2, 0) is 6.42 Å². The minimum atomic E-state index is 0.643. The molecule has 2 N–H and O–H groups in total. The van der Waals surface area contributed by atoms with Gasteiger partial charge in [-0.3, -0.25) is 0 Å². The molecule has 2 aromatic rings. The van der Waals surface area contributed by atoms with E-state index < -0.39 is 0 Å². The van der Waals surface area contributed by atoms with Crippen LogP contribution >= 0.6 is 0 Å². The predicted octanol–water partition coefficient (Wildman–Crippen LogP) is 4.69. The van der Waals surface area contributed by atoms with Crippen LogP contribution in [0.3, 0.4) is 0 Å². The Hall–Kier alpha value is -2.10. The molecular formula is C18H26N4. The summed E-state index contributed by atoms with van der Waals surface area (Å²) >= 11 is 0. The van der Waals surface area contributed by atoms with E-state index in [0.29, 0.717) is 5.95 Å². The summed E-state index contributed by atoms with van der Waals surface area (Å²) in [6.07, 6.45) is 6.42. The molecular weight excluding hydrogens is 272 g/mol. The smallest absolute Gasteiger partial charge is 0.229 e. The number of rotatable bonds is 8. The Morgan fingerprint density at radius 2 is 1.95 bits per heavy atom. The van der Waals surface area contributed by atoms with E-state index in [1.54, 1.807) is 6.20 Å². The Labute approximate surface area is 133 Å². The van der Waals surface area contributed by atoms with Crippen LogP contribution in [0.25, 0.3) is 0 Å². The van der Waals surface area contributed by atoms with Crippen molar-refractivity contribution < 1.29 is 0 Å². The summed E-state index contributed by atoms with van der Waals surface area (Å²) < 4.78 is 0. The summed E-state index contributed by atoms with van der Waals surface area (Å²) in [7, 11) is 0. The number of nitrogens with zero attached hydrogens (tertiary/aromatic N) is 2. The van der Waals surface area contributed by atoms with Crippen LogP contribution < -0.4 is 10.6 Å². The number of aromatic nitrogens is 2. The predicted molar refractivity (Wildman–Crippen MR) is 93.9 cm³/mol. The average molecular weight is 298 g/mol. The molecule has 4 heteroatoms. The molecule has 0 aliphatic heterocycles. The summed E-state index contributed by atoms with van der Waals surface area (Å²) in [6.45, 7) is 7.43. The SMILES string of the molecule is CCCCCNc1ccnc(Nc2c(C)cccc2CC)n1. The van der Waals surface area contributed by atoms with Gasteiger partial charge in [0.1, 0.15) is 5.82 Å². The second-order valence-corrected chi connectivity index (χ2v) is 5.49. The molecule has 0 radical (unpaired) electrons. The monoisotopic (exact) mass is 298 g/mol. The van der Waals surface area contributed by atoms with Gasteiger partial charge < -0.3 is 10.6 Å². The van der Waals surface area contributed by atoms with Crippen LogP contribution in [0.2, 0.25) is 0 Å². The lowest BCUT2D eigenvalue weighted by Gasteiger charge is -2.13. The van der Waals surface area contributed by atoms with Gasteiger partial charge in [0.15, 0.2) is 0 Å². The van der Waals surface area contributed by atoms with Crippen molar-refractivity contribution in [3.63, 3.8) is 0 Å². The zero-order valence-corrected chi connectivity index (χ0v) is 13.8. The number of anilines is 3. The molecule has 0 atom stereocenters. The normalized spacial score (nSPS) is 10.5. The average Bonchev–Trinajstić information content (AvgIpc) is 2.54. The molecule has 22 heavy (non-hydrogen) atoms. The molecule has 0 fully saturated rings. The van der Waals surface area contributed by atoms with E-state index in [2.05, 4.69) is 59.6 Å². The van der Waals surface area contributed by atoms with Gasteiger partial charge in [-0.2, -0.15) is 4.98 Å². The standard InChI is InChI=1S/C18H26N4/c1-4-6-7-12-19-16-11-13-20-18(21-16)22-17-14(3)9-8-10-15(17)5-2/h8-11,13H,4-7,12H2,1-3H3,(H2,19,20,21,22). The Bertz CT molecular complexity index is 595. The van der Waals surface area contributed by atoms with Crippen molar-refractivity contribution in [2.45, 2.75) is 46.5 Å².